The lowest BCUT2D eigenvalue weighted by atomic mass is 10.0. The Morgan fingerprint density at radius 1 is 0.789 bits per heavy atom. The lowest BCUT2D eigenvalue weighted by Gasteiger charge is -2.34. The Labute approximate surface area is 121 Å². The molecular weight excluding hydrogens is 232 g/mol. The highest BCUT2D eigenvalue weighted by molar-refractivity contribution is 4.77. The molecule has 1 aliphatic heterocycles. The van der Waals surface area contributed by atoms with Crippen molar-refractivity contribution in [3.05, 3.63) is 0 Å². The third-order valence-electron chi connectivity index (χ3n) is 4.42. The van der Waals surface area contributed by atoms with E-state index in [4.69, 9.17) is 0 Å². The van der Waals surface area contributed by atoms with Gasteiger partial charge in [-0.15, -0.1) is 0 Å². The second-order valence-electron chi connectivity index (χ2n) is 6.14. The van der Waals surface area contributed by atoms with Crippen LogP contribution < -0.4 is 5.32 Å². The molecule has 0 bridgehead atoms. The summed E-state index contributed by atoms with van der Waals surface area (Å²) < 4.78 is 0. The lowest BCUT2D eigenvalue weighted by Crippen LogP contribution is -2.44. The first-order chi connectivity index (χ1) is 9.38. The topological polar surface area (TPSA) is 15.3 Å². The van der Waals surface area contributed by atoms with Gasteiger partial charge < -0.3 is 10.2 Å². The van der Waals surface area contributed by atoms with Crippen LogP contribution in [-0.4, -0.2) is 37.1 Å². The van der Waals surface area contributed by atoms with Gasteiger partial charge in [-0.25, -0.2) is 0 Å². The average Bonchev–Trinajstić information content (AvgIpc) is 2.46. The second kappa shape index (κ2) is 11.7. The molecule has 0 aromatic carbocycles. The highest BCUT2D eigenvalue weighted by Crippen LogP contribution is 2.15. The van der Waals surface area contributed by atoms with Crippen molar-refractivity contribution in [3.8, 4) is 0 Å². The first kappa shape index (κ1) is 17.0. The molecule has 1 rings (SSSR count). The number of nitrogens with one attached hydrogen (secondary N) is 1. The molecule has 1 aliphatic rings. The molecule has 19 heavy (non-hydrogen) atoms. The Morgan fingerprint density at radius 2 is 1.32 bits per heavy atom. The second-order valence-corrected chi connectivity index (χ2v) is 6.14. The SMILES string of the molecule is CCCCCCN(CCCCCC)C1CCNCC1. The van der Waals surface area contributed by atoms with E-state index < -0.39 is 0 Å². The quantitative estimate of drug-likeness (QED) is 0.565. The monoisotopic (exact) mass is 268 g/mol. The molecule has 0 saturated carbocycles. The minimum absolute atomic E-state index is 0.865. The summed E-state index contributed by atoms with van der Waals surface area (Å²) in [6.45, 7) is 9.74. The molecule has 114 valence electrons. The zero-order valence-electron chi connectivity index (χ0n) is 13.4. The van der Waals surface area contributed by atoms with E-state index in [1.807, 2.05) is 0 Å². The first-order valence-corrected chi connectivity index (χ1v) is 8.83. The van der Waals surface area contributed by atoms with Gasteiger partial charge in [-0.2, -0.15) is 0 Å². The summed E-state index contributed by atoms with van der Waals surface area (Å²) in [6.07, 6.45) is 13.9. The van der Waals surface area contributed by atoms with Crippen molar-refractivity contribution in [2.24, 2.45) is 0 Å². The molecule has 1 N–H and O–H groups in total. The molecule has 0 spiro atoms. The standard InChI is InChI=1S/C17H36N2/c1-3-5-7-9-15-19(16-10-8-6-4-2)17-11-13-18-14-12-17/h17-18H,3-16H2,1-2H3. The minimum atomic E-state index is 0.865. The van der Waals surface area contributed by atoms with Crippen LogP contribution in [0.15, 0.2) is 0 Å². The van der Waals surface area contributed by atoms with E-state index in [2.05, 4.69) is 24.1 Å². The fourth-order valence-corrected chi connectivity index (χ4v) is 3.13. The molecule has 1 fully saturated rings. The van der Waals surface area contributed by atoms with Crippen LogP contribution in [0.5, 0.6) is 0 Å². The van der Waals surface area contributed by atoms with Crippen LogP contribution in [0.1, 0.15) is 78.1 Å². The van der Waals surface area contributed by atoms with Crippen LogP contribution in [0.25, 0.3) is 0 Å². The van der Waals surface area contributed by atoms with Crippen LogP contribution in [0.4, 0.5) is 0 Å². The molecule has 0 radical (unpaired) electrons. The summed E-state index contributed by atoms with van der Waals surface area (Å²) >= 11 is 0. The summed E-state index contributed by atoms with van der Waals surface area (Å²) in [6, 6.07) is 0.865. The van der Waals surface area contributed by atoms with Gasteiger partial charge in [0.15, 0.2) is 0 Å². The van der Waals surface area contributed by atoms with Crippen LogP contribution >= 0.6 is 0 Å². The van der Waals surface area contributed by atoms with E-state index in [9.17, 15) is 0 Å². The van der Waals surface area contributed by atoms with Gasteiger partial charge in [0, 0.05) is 6.04 Å². The normalized spacial score (nSPS) is 17.2. The number of rotatable bonds is 11. The van der Waals surface area contributed by atoms with Gasteiger partial charge in [-0.3, -0.25) is 0 Å². The third kappa shape index (κ3) is 7.94. The molecular formula is C17H36N2. The zero-order valence-corrected chi connectivity index (χ0v) is 13.4. The van der Waals surface area contributed by atoms with Crippen molar-refractivity contribution >= 4 is 0 Å². The summed E-state index contributed by atoms with van der Waals surface area (Å²) in [5, 5.41) is 3.50. The van der Waals surface area contributed by atoms with Gasteiger partial charge in [-0.1, -0.05) is 52.4 Å². The van der Waals surface area contributed by atoms with Gasteiger partial charge >= 0.3 is 0 Å². The Morgan fingerprint density at radius 3 is 1.79 bits per heavy atom. The fraction of sp³-hybridized carbons (Fsp3) is 1.00. The van der Waals surface area contributed by atoms with E-state index in [0.717, 1.165) is 6.04 Å². The van der Waals surface area contributed by atoms with Crippen LogP contribution in [0, 0.1) is 0 Å². The molecule has 2 heteroatoms. The summed E-state index contributed by atoms with van der Waals surface area (Å²) in [5.74, 6) is 0. The molecule has 2 nitrogen and oxygen atoms in total. The predicted molar refractivity (Wildman–Crippen MR) is 85.7 cm³/mol. The van der Waals surface area contributed by atoms with Gasteiger partial charge in [0.1, 0.15) is 0 Å². The maximum absolute atomic E-state index is 3.50. The molecule has 0 atom stereocenters. The fourth-order valence-electron chi connectivity index (χ4n) is 3.13. The summed E-state index contributed by atoms with van der Waals surface area (Å²) in [7, 11) is 0. The van der Waals surface area contributed by atoms with Crippen molar-refractivity contribution in [3.63, 3.8) is 0 Å². The molecule has 0 amide bonds. The Kier molecular flexibility index (Phi) is 10.5. The largest absolute Gasteiger partial charge is 0.317 e. The van der Waals surface area contributed by atoms with Crippen molar-refractivity contribution in [1.29, 1.82) is 0 Å². The van der Waals surface area contributed by atoms with Gasteiger partial charge in [0.25, 0.3) is 0 Å². The average molecular weight is 268 g/mol. The molecule has 0 unspecified atom stereocenters. The van der Waals surface area contributed by atoms with Crippen molar-refractivity contribution in [2.45, 2.75) is 84.1 Å². The lowest BCUT2D eigenvalue weighted by molar-refractivity contribution is 0.155. The molecule has 1 heterocycles. The maximum atomic E-state index is 3.50. The van der Waals surface area contributed by atoms with Crippen LogP contribution in [-0.2, 0) is 0 Å². The van der Waals surface area contributed by atoms with Crippen molar-refractivity contribution in [2.75, 3.05) is 26.2 Å². The number of unbranched alkanes of at least 4 members (excludes halogenated alkanes) is 6. The maximum Gasteiger partial charge on any atom is 0.0119 e. The number of hydrogen-bond acceptors (Lipinski definition) is 2. The van der Waals surface area contributed by atoms with E-state index in [1.54, 1.807) is 0 Å². The molecule has 0 aromatic rings. The molecule has 0 aliphatic carbocycles. The van der Waals surface area contributed by atoms with E-state index in [0.29, 0.717) is 0 Å². The van der Waals surface area contributed by atoms with Crippen LogP contribution in [0.3, 0.4) is 0 Å². The zero-order chi connectivity index (χ0) is 13.8. The van der Waals surface area contributed by atoms with Gasteiger partial charge in [0.05, 0.1) is 0 Å². The summed E-state index contributed by atoms with van der Waals surface area (Å²) in [4.78, 5) is 2.81. The van der Waals surface area contributed by atoms with Gasteiger partial charge in [0.2, 0.25) is 0 Å². The van der Waals surface area contributed by atoms with E-state index >= 15 is 0 Å². The van der Waals surface area contributed by atoms with Gasteiger partial charge in [-0.05, 0) is 51.9 Å². The smallest absolute Gasteiger partial charge is 0.0119 e. The van der Waals surface area contributed by atoms with Crippen molar-refractivity contribution in [1.82, 2.24) is 10.2 Å². The Bertz CT molecular complexity index is 176. The third-order valence-corrected chi connectivity index (χ3v) is 4.42. The van der Waals surface area contributed by atoms with E-state index in [1.165, 1.54) is 90.4 Å². The minimum Gasteiger partial charge on any atom is -0.317 e. The number of nitrogens with zero attached hydrogens (tertiary/aromatic N) is 1. The Balaban J connectivity index is 2.24. The Hall–Kier alpha value is -0.0800. The highest BCUT2D eigenvalue weighted by atomic mass is 15.2. The highest BCUT2D eigenvalue weighted by Gasteiger charge is 2.19. The number of hydrogen-bond donors (Lipinski definition) is 1. The van der Waals surface area contributed by atoms with E-state index in [-0.39, 0.29) is 0 Å². The van der Waals surface area contributed by atoms with Crippen molar-refractivity contribution < 1.29 is 0 Å². The first-order valence-electron chi connectivity index (χ1n) is 8.83. The summed E-state index contributed by atoms with van der Waals surface area (Å²) in [5.41, 5.74) is 0. The molecule has 1 saturated heterocycles. The van der Waals surface area contributed by atoms with Crippen LogP contribution in [0.2, 0.25) is 0 Å². The predicted octanol–water partition coefficient (Wildman–Crippen LogP) is 4.20. The number of piperidine rings is 1. The molecule has 0 aromatic heterocycles.